The van der Waals surface area contributed by atoms with Gasteiger partial charge in [0.15, 0.2) is 11.5 Å². The van der Waals surface area contributed by atoms with Gasteiger partial charge >= 0.3 is 0 Å². The summed E-state index contributed by atoms with van der Waals surface area (Å²) in [7, 11) is 1.56. The highest BCUT2D eigenvalue weighted by Crippen LogP contribution is 2.30. The summed E-state index contributed by atoms with van der Waals surface area (Å²) in [5, 5.41) is 1.24. The van der Waals surface area contributed by atoms with E-state index in [9.17, 15) is 9.59 Å². The van der Waals surface area contributed by atoms with Crippen molar-refractivity contribution in [3.8, 4) is 11.5 Å². The second-order valence-corrected chi connectivity index (χ2v) is 8.56. The summed E-state index contributed by atoms with van der Waals surface area (Å²) in [6.07, 6.45) is 1.56. The molecule has 0 saturated carbocycles. The zero-order chi connectivity index (χ0) is 23.2. The van der Waals surface area contributed by atoms with Crippen LogP contribution in [0.15, 0.2) is 83.3 Å². The lowest BCUT2D eigenvalue weighted by Crippen LogP contribution is -2.35. The van der Waals surface area contributed by atoms with E-state index in [2.05, 4.69) is 36.6 Å². The molecule has 1 fully saturated rings. The van der Waals surface area contributed by atoms with Crippen LogP contribution in [0.2, 0.25) is 0 Å². The van der Waals surface area contributed by atoms with Crippen molar-refractivity contribution in [1.29, 1.82) is 0 Å². The van der Waals surface area contributed by atoms with Crippen molar-refractivity contribution in [1.82, 2.24) is 5.43 Å². The maximum atomic E-state index is 12.8. The number of hydrazine groups is 1. The topological polar surface area (TPSA) is 67.9 Å². The minimum Gasteiger partial charge on any atom is -0.493 e. The Morgan fingerprint density at radius 2 is 1.73 bits per heavy atom. The zero-order valence-corrected chi connectivity index (χ0v) is 19.2. The number of nitrogens with one attached hydrogen (secondary N) is 1. The summed E-state index contributed by atoms with van der Waals surface area (Å²) < 4.78 is 11.4. The molecular formula is C26H24N2O4S. The number of amides is 2. The number of carbonyl (C=O) groups is 2. The molecule has 3 aromatic carbocycles. The number of anilines is 1. The molecular weight excluding hydrogens is 436 g/mol. The summed E-state index contributed by atoms with van der Waals surface area (Å²) in [6, 6.07) is 22.7. The molecule has 7 heteroatoms. The van der Waals surface area contributed by atoms with Gasteiger partial charge in [0.25, 0.3) is 11.8 Å². The van der Waals surface area contributed by atoms with E-state index in [1.54, 1.807) is 67.4 Å². The van der Waals surface area contributed by atoms with Crippen LogP contribution in [0.3, 0.4) is 0 Å². The minimum atomic E-state index is -0.448. The normalized spacial score (nSPS) is 14.5. The molecule has 6 nitrogen and oxygen atoms in total. The third kappa shape index (κ3) is 5.38. The molecule has 3 aromatic rings. The fraction of sp³-hybridized carbons (Fsp3) is 0.154. The van der Waals surface area contributed by atoms with E-state index in [1.165, 1.54) is 15.5 Å². The first-order chi connectivity index (χ1) is 16.0. The molecule has 0 aromatic heterocycles. The summed E-state index contributed by atoms with van der Waals surface area (Å²) in [6.45, 7) is 2.58. The number of ether oxygens (including phenoxy) is 2. The summed E-state index contributed by atoms with van der Waals surface area (Å²) >= 11 is 1.72. The first-order valence-corrected chi connectivity index (χ1v) is 11.5. The van der Waals surface area contributed by atoms with Crippen molar-refractivity contribution in [2.75, 3.05) is 24.5 Å². The smallest absolute Gasteiger partial charge is 0.282 e. The number of rotatable bonds is 8. The first kappa shape index (κ1) is 22.5. The van der Waals surface area contributed by atoms with Gasteiger partial charge in [-0.2, -0.15) is 0 Å². The molecule has 1 heterocycles. The largest absolute Gasteiger partial charge is 0.493 e. The average molecular weight is 461 g/mol. The lowest BCUT2D eigenvalue weighted by molar-refractivity contribution is -0.117. The van der Waals surface area contributed by atoms with Crippen LogP contribution in [0.25, 0.3) is 6.08 Å². The van der Waals surface area contributed by atoms with E-state index in [1.807, 2.05) is 6.07 Å². The molecule has 0 bridgehead atoms. The number of hydrogen-bond acceptors (Lipinski definition) is 5. The molecule has 1 N–H and O–H groups in total. The Hall–Kier alpha value is -3.71. The number of hydrogen-bond donors (Lipinski definition) is 1. The van der Waals surface area contributed by atoms with E-state index in [0.29, 0.717) is 29.4 Å². The summed E-state index contributed by atoms with van der Waals surface area (Å²) in [5.74, 6) is 1.09. The van der Waals surface area contributed by atoms with Crippen molar-refractivity contribution in [2.24, 2.45) is 0 Å². The number of para-hydroxylation sites is 1. The van der Waals surface area contributed by atoms with Crippen LogP contribution < -0.4 is 19.9 Å². The predicted molar refractivity (Wildman–Crippen MR) is 130 cm³/mol. The van der Waals surface area contributed by atoms with Gasteiger partial charge < -0.3 is 9.47 Å². The molecule has 4 rings (SSSR count). The minimum absolute atomic E-state index is 0.0593. The number of carbonyl (C=O) groups excluding carboxylic acids is 2. The maximum absolute atomic E-state index is 12.8. The third-order valence-electron chi connectivity index (χ3n) is 5.04. The zero-order valence-electron chi connectivity index (χ0n) is 18.4. The highest BCUT2D eigenvalue weighted by molar-refractivity contribution is 7.99. The fourth-order valence-corrected chi connectivity index (χ4v) is 4.05. The lowest BCUT2D eigenvalue weighted by Gasteiger charge is -2.14. The van der Waals surface area contributed by atoms with Crippen LogP contribution in [-0.4, -0.2) is 31.3 Å². The number of benzene rings is 3. The molecule has 2 amide bonds. The number of aryl methyl sites for hydroxylation is 1. The number of nitrogens with zero attached hydrogens (tertiary/aromatic N) is 1. The maximum Gasteiger partial charge on any atom is 0.282 e. The van der Waals surface area contributed by atoms with E-state index in [-0.39, 0.29) is 5.57 Å². The van der Waals surface area contributed by atoms with Gasteiger partial charge in [0, 0.05) is 10.6 Å². The van der Waals surface area contributed by atoms with Crippen LogP contribution in [0.4, 0.5) is 5.69 Å². The molecule has 0 unspecified atom stereocenters. The Balaban J connectivity index is 1.42. The van der Waals surface area contributed by atoms with Crippen LogP contribution in [-0.2, 0) is 9.59 Å². The molecule has 0 spiro atoms. The SMILES string of the molecule is COc1cc(/C=C2\C(=O)NN(c3ccccc3)C2=O)ccc1OCCSc1ccc(C)cc1. The molecule has 1 aliphatic rings. The Morgan fingerprint density at radius 3 is 2.45 bits per heavy atom. The monoisotopic (exact) mass is 460 g/mol. The Kier molecular flexibility index (Phi) is 7.00. The van der Waals surface area contributed by atoms with Crippen molar-refractivity contribution in [3.05, 3.63) is 89.5 Å². The van der Waals surface area contributed by atoms with Crippen molar-refractivity contribution >= 4 is 35.3 Å². The number of methoxy groups -OCH3 is 1. The first-order valence-electron chi connectivity index (χ1n) is 10.5. The van der Waals surface area contributed by atoms with Gasteiger partial charge in [-0.3, -0.25) is 15.0 Å². The number of thioether (sulfide) groups is 1. The van der Waals surface area contributed by atoms with Crippen LogP contribution >= 0.6 is 11.8 Å². The van der Waals surface area contributed by atoms with Gasteiger partial charge in [-0.15, -0.1) is 11.8 Å². The van der Waals surface area contributed by atoms with Crippen molar-refractivity contribution in [2.45, 2.75) is 11.8 Å². The molecule has 1 saturated heterocycles. The lowest BCUT2D eigenvalue weighted by atomic mass is 10.1. The third-order valence-corrected chi connectivity index (χ3v) is 6.01. The quantitative estimate of drug-likeness (QED) is 0.230. The van der Waals surface area contributed by atoms with Crippen LogP contribution in [0, 0.1) is 6.92 Å². The van der Waals surface area contributed by atoms with Gasteiger partial charge in [0.1, 0.15) is 5.57 Å². The molecule has 0 aliphatic carbocycles. The fourth-order valence-electron chi connectivity index (χ4n) is 3.32. The van der Waals surface area contributed by atoms with Crippen molar-refractivity contribution < 1.29 is 19.1 Å². The Labute approximate surface area is 197 Å². The second kappa shape index (κ2) is 10.3. The Morgan fingerprint density at radius 1 is 0.970 bits per heavy atom. The highest BCUT2D eigenvalue weighted by atomic mass is 32.2. The van der Waals surface area contributed by atoms with Gasteiger partial charge in [-0.25, -0.2) is 5.01 Å². The van der Waals surface area contributed by atoms with Gasteiger partial charge in [0.05, 0.1) is 19.4 Å². The van der Waals surface area contributed by atoms with Gasteiger partial charge in [-0.05, 0) is 55.0 Å². The molecule has 1 aliphatic heterocycles. The summed E-state index contributed by atoms with van der Waals surface area (Å²) in [5.41, 5.74) is 5.16. The van der Waals surface area contributed by atoms with E-state index in [4.69, 9.17) is 9.47 Å². The van der Waals surface area contributed by atoms with Crippen LogP contribution in [0.1, 0.15) is 11.1 Å². The van der Waals surface area contributed by atoms with E-state index in [0.717, 1.165) is 5.75 Å². The van der Waals surface area contributed by atoms with E-state index >= 15 is 0 Å². The highest BCUT2D eigenvalue weighted by Gasteiger charge is 2.34. The average Bonchev–Trinajstić information content (AvgIpc) is 3.12. The van der Waals surface area contributed by atoms with Gasteiger partial charge in [0.2, 0.25) is 0 Å². The van der Waals surface area contributed by atoms with Crippen molar-refractivity contribution in [3.63, 3.8) is 0 Å². The van der Waals surface area contributed by atoms with Gasteiger partial charge in [-0.1, -0.05) is 42.0 Å². The summed E-state index contributed by atoms with van der Waals surface area (Å²) in [4.78, 5) is 26.4. The van der Waals surface area contributed by atoms with E-state index < -0.39 is 11.8 Å². The standard InChI is InChI=1S/C26H24N2O4S/c1-18-8-11-21(12-9-18)33-15-14-32-23-13-10-19(17-24(23)31-2)16-22-25(29)27-28(26(22)30)20-6-4-3-5-7-20/h3-13,16-17H,14-15H2,1-2H3,(H,27,29)/b22-16+. The molecule has 168 valence electrons. The molecule has 0 atom stereocenters. The molecule has 33 heavy (non-hydrogen) atoms. The molecule has 0 radical (unpaired) electrons. The van der Waals surface area contributed by atoms with Crippen LogP contribution in [0.5, 0.6) is 11.5 Å². The second-order valence-electron chi connectivity index (χ2n) is 7.40. The Bertz CT molecular complexity index is 1180. The predicted octanol–water partition coefficient (Wildman–Crippen LogP) is 4.64.